The van der Waals surface area contributed by atoms with Crippen molar-refractivity contribution in [2.75, 3.05) is 0 Å². The Morgan fingerprint density at radius 3 is 2.36 bits per heavy atom. The third-order valence-electron chi connectivity index (χ3n) is 3.71. The third-order valence-corrected chi connectivity index (χ3v) is 4.84. The average Bonchev–Trinajstić information content (AvgIpc) is 2.66. The van der Waals surface area contributed by atoms with Crippen molar-refractivity contribution < 1.29 is 13.2 Å². The number of hydrogen-bond acceptors (Lipinski definition) is 1. The molecule has 0 radical (unpaired) electrons. The van der Waals surface area contributed by atoms with Crippen LogP contribution in [0.3, 0.4) is 0 Å². The second-order valence-corrected chi connectivity index (χ2v) is 5.98. The maximum atomic E-state index is 12.8. The third kappa shape index (κ3) is 3.32. The van der Waals surface area contributed by atoms with Gasteiger partial charge in [-0.2, -0.15) is 13.2 Å². The highest BCUT2D eigenvalue weighted by atomic mass is 32.2. The van der Waals surface area contributed by atoms with Crippen LogP contribution >= 0.6 is 11.8 Å². The minimum Gasteiger partial charge on any atom is -0.166 e. The molecule has 0 aromatic heterocycles. The van der Waals surface area contributed by atoms with Gasteiger partial charge in [0.2, 0.25) is 0 Å². The molecule has 2 aromatic rings. The highest BCUT2D eigenvalue weighted by Gasteiger charge is 2.32. The molecule has 0 N–H and O–H groups in total. The summed E-state index contributed by atoms with van der Waals surface area (Å²) in [6.45, 7) is 6.05. The van der Waals surface area contributed by atoms with Gasteiger partial charge in [0.1, 0.15) is 0 Å². The molecule has 0 aliphatic carbocycles. The van der Waals surface area contributed by atoms with Crippen molar-refractivity contribution >= 4 is 11.8 Å². The lowest BCUT2D eigenvalue weighted by Gasteiger charge is -2.16. The summed E-state index contributed by atoms with van der Waals surface area (Å²) in [4.78, 5) is 1.16. The predicted molar refractivity (Wildman–Crippen MR) is 86.3 cm³/mol. The summed E-state index contributed by atoms with van der Waals surface area (Å²) in [5, 5.41) is 0. The standard InChI is InChI=1S/C16H13F3S.C2H6/c1-10-13-7-6-12(16(17,18)19)8-11(13)9-20-15-5-3-2-4-14(10)15;1-2/h2-8,10H,9H2,1H3;1-2H3. The van der Waals surface area contributed by atoms with E-state index >= 15 is 0 Å². The van der Waals surface area contributed by atoms with Crippen molar-refractivity contribution in [2.45, 2.75) is 43.5 Å². The number of thioether (sulfide) groups is 1. The highest BCUT2D eigenvalue weighted by molar-refractivity contribution is 7.98. The summed E-state index contributed by atoms with van der Waals surface area (Å²) in [6.07, 6.45) is -4.28. The molecule has 0 saturated heterocycles. The minimum absolute atomic E-state index is 0.124. The molecular weight excluding hydrogens is 305 g/mol. The fourth-order valence-electron chi connectivity index (χ4n) is 2.62. The van der Waals surface area contributed by atoms with Gasteiger partial charge in [0.25, 0.3) is 0 Å². The SMILES string of the molecule is CC.CC1c2ccc(C(F)(F)F)cc2CSc2ccccc21. The van der Waals surface area contributed by atoms with Gasteiger partial charge in [-0.15, -0.1) is 11.8 Å². The smallest absolute Gasteiger partial charge is 0.166 e. The molecule has 3 rings (SSSR count). The minimum atomic E-state index is -4.28. The molecule has 1 heterocycles. The molecule has 22 heavy (non-hydrogen) atoms. The van der Waals surface area contributed by atoms with E-state index < -0.39 is 11.7 Å². The van der Waals surface area contributed by atoms with Crippen LogP contribution in [0.2, 0.25) is 0 Å². The van der Waals surface area contributed by atoms with Crippen molar-refractivity contribution in [3.63, 3.8) is 0 Å². The zero-order valence-corrected chi connectivity index (χ0v) is 13.7. The van der Waals surface area contributed by atoms with Gasteiger partial charge >= 0.3 is 6.18 Å². The van der Waals surface area contributed by atoms with Crippen molar-refractivity contribution in [1.29, 1.82) is 0 Å². The molecule has 0 fully saturated rings. The predicted octanol–water partition coefficient (Wildman–Crippen LogP) is 6.49. The van der Waals surface area contributed by atoms with Gasteiger partial charge in [0.05, 0.1) is 5.56 Å². The first-order valence-corrected chi connectivity index (χ1v) is 8.37. The molecule has 4 heteroatoms. The average molecular weight is 324 g/mol. The highest BCUT2D eigenvalue weighted by Crippen LogP contribution is 2.42. The molecule has 0 amide bonds. The van der Waals surface area contributed by atoms with E-state index in [2.05, 4.69) is 13.0 Å². The summed E-state index contributed by atoms with van der Waals surface area (Å²) >= 11 is 1.61. The molecule has 0 saturated carbocycles. The maximum absolute atomic E-state index is 12.8. The Bertz CT molecular complexity index is 647. The Balaban J connectivity index is 0.000000847. The van der Waals surface area contributed by atoms with E-state index in [4.69, 9.17) is 0 Å². The van der Waals surface area contributed by atoms with Crippen LogP contribution in [0.4, 0.5) is 13.2 Å². The van der Waals surface area contributed by atoms with Gasteiger partial charge in [0.15, 0.2) is 0 Å². The lowest BCUT2D eigenvalue weighted by Crippen LogP contribution is -2.07. The van der Waals surface area contributed by atoms with Crippen molar-refractivity contribution in [3.8, 4) is 0 Å². The zero-order chi connectivity index (χ0) is 16.3. The van der Waals surface area contributed by atoms with Crippen LogP contribution in [0.25, 0.3) is 0 Å². The monoisotopic (exact) mass is 324 g/mol. The normalized spacial score (nSPS) is 16.7. The van der Waals surface area contributed by atoms with Gasteiger partial charge in [-0.05, 0) is 34.9 Å². The lowest BCUT2D eigenvalue weighted by atomic mass is 9.89. The Morgan fingerprint density at radius 1 is 1.00 bits per heavy atom. The second-order valence-electron chi connectivity index (χ2n) is 4.96. The van der Waals surface area contributed by atoms with Gasteiger partial charge in [-0.1, -0.05) is 45.0 Å². The van der Waals surface area contributed by atoms with Gasteiger partial charge < -0.3 is 0 Å². The molecule has 0 spiro atoms. The number of hydrogen-bond donors (Lipinski definition) is 0. The van der Waals surface area contributed by atoms with Crippen LogP contribution in [0.1, 0.15) is 48.9 Å². The van der Waals surface area contributed by atoms with E-state index in [0.717, 1.165) is 16.0 Å². The van der Waals surface area contributed by atoms with Gasteiger partial charge in [-0.25, -0.2) is 0 Å². The number of rotatable bonds is 0. The van der Waals surface area contributed by atoms with Crippen LogP contribution in [0.5, 0.6) is 0 Å². The summed E-state index contributed by atoms with van der Waals surface area (Å²) in [7, 11) is 0. The lowest BCUT2D eigenvalue weighted by molar-refractivity contribution is -0.137. The van der Waals surface area contributed by atoms with Crippen LogP contribution in [-0.4, -0.2) is 0 Å². The molecule has 1 atom stereocenters. The number of fused-ring (bicyclic) bond motifs is 2. The Kier molecular flexibility index (Phi) is 5.22. The number of alkyl halides is 3. The van der Waals surface area contributed by atoms with E-state index in [9.17, 15) is 13.2 Å². The van der Waals surface area contributed by atoms with Gasteiger partial charge in [-0.3, -0.25) is 0 Å². The fraction of sp³-hybridized carbons (Fsp3) is 0.333. The van der Waals surface area contributed by atoms with Crippen molar-refractivity contribution in [3.05, 3.63) is 64.7 Å². The molecule has 0 nitrogen and oxygen atoms in total. The summed E-state index contributed by atoms with van der Waals surface area (Å²) in [6, 6.07) is 12.2. The Morgan fingerprint density at radius 2 is 1.68 bits per heavy atom. The van der Waals surface area contributed by atoms with E-state index in [1.54, 1.807) is 17.8 Å². The topological polar surface area (TPSA) is 0 Å². The van der Waals surface area contributed by atoms with Crippen LogP contribution in [0.15, 0.2) is 47.4 Å². The van der Waals surface area contributed by atoms with Crippen LogP contribution in [0, 0.1) is 0 Å². The summed E-state index contributed by atoms with van der Waals surface area (Å²) in [5.74, 6) is 0.708. The molecule has 118 valence electrons. The number of halogens is 3. The van der Waals surface area contributed by atoms with Crippen LogP contribution in [-0.2, 0) is 11.9 Å². The first kappa shape index (κ1) is 16.9. The van der Waals surface area contributed by atoms with Crippen LogP contribution < -0.4 is 0 Å². The van der Waals surface area contributed by atoms with E-state index in [-0.39, 0.29) is 5.92 Å². The quantitative estimate of drug-likeness (QED) is 0.534. The largest absolute Gasteiger partial charge is 0.416 e. The van der Waals surface area contributed by atoms with E-state index in [1.807, 2.05) is 32.0 Å². The zero-order valence-electron chi connectivity index (χ0n) is 12.9. The van der Waals surface area contributed by atoms with Crippen molar-refractivity contribution in [2.24, 2.45) is 0 Å². The first-order valence-electron chi connectivity index (χ1n) is 7.38. The fourth-order valence-corrected chi connectivity index (χ4v) is 3.77. The molecule has 1 unspecified atom stereocenters. The molecular formula is C18H19F3S. The van der Waals surface area contributed by atoms with Crippen molar-refractivity contribution in [1.82, 2.24) is 0 Å². The Hall–Kier alpha value is -1.42. The summed E-state index contributed by atoms with van der Waals surface area (Å²) in [5.41, 5.74) is 2.41. The molecule has 1 aliphatic rings. The maximum Gasteiger partial charge on any atom is 0.416 e. The first-order chi connectivity index (χ1) is 10.5. The van der Waals surface area contributed by atoms with E-state index in [1.165, 1.54) is 17.7 Å². The summed E-state index contributed by atoms with van der Waals surface area (Å²) < 4.78 is 38.4. The molecule has 1 aliphatic heterocycles. The van der Waals surface area contributed by atoms with Gasteiger partial charge in [0, 0.05) is 16.6 Å². The second kappa shape index (κ2) is 6.78. The Labute approximate surface area is 133 Å². The molecule has 0 bridgehead atoms. The number of benzene rings is 2. The molecule has 2 aromatic carbocycles. The van der Waals surface area contributed by atoms with E-state index in [0.29, 0.717) is 5.75 Å².